The average molecular weight is 582 g/mol. The van der Waals surface area contributed by atoms with Crippen molar-refractivity contribution in [3.05, 3.63) is 52.7 Å². The first kappa shape index (κ1) is 26.3. The van der Waals surface area contributed by atoms with E-state index in [1.54, 1.807) is 38.4 Å². The SMILES string of the molecule is CC(C)(Cc1ncc(Br)n2ccnc12)OC(=O)Nc1ccc(N2CCOCC2)c(COS(C)(=O)=O)c1. The number of nitrogens with one attached hydrogen (secondary N) is 1. The molecule has 11 nitrogen and oxygen atoms in total. The van der Waals surface area contributed by atoms with Crippen molar-refractivity contribution in [2.45, 2.75) is 32.5 Å². The van der Waals surface area contributed by atoms with E-state index in [-0.39, 0.29) is 6.61 Å². The number of aromatic nitrogens is 3. The maximum Gasteiger partial charge on any atom is 0.412 e. The van der Waals surface area contributed by atoms with Crippen molar-refractivity contribution in [2.24, 2.45) is 0 Å². The minimum atomic E-state index is -3.64. The highest BCUT2D eigenvalue weighted by Crippen LogP contribution is 2.27. The third-order valence-corrected chi connectivity index (χ3v) is 6.66. The van der Waals surface area contributed by atoms with E-state index >= 15 is 0 Å². The summed E-state index contributed by atoms with van der Waals surface area (Å²) in [7, 11) is -3.64. The van der Waals surface area contributed by atoms with Gasteiger partial charge >= 0.3 is 6.09 Å². The summed E-state index contributed by atoms with van der Waals surface area (Å²) in [5.41, 5.74) is 2.39. The lowest BCUT2D eigenvalue weighted by atomic mass is 10.0. The van der Waals surface area contributed by atoms with E-state index in [0.29, 0.717) is 55.3 Å². The highest BCUT2D eigenvalue weighted by molar-refractivity contribution is 9.10. The number of carbonyl (C=O) groups excluding carboxylic acids is 1. The molecule has 0 unspecified atom stereocenters. The lowest BCUT2D eigenvalue weighted by Crippen LogP contribution is -2.37. The fraction of sp³-hybridized carbons (Fsp3) is 0.435. The van der Waals surface area contributed by atoms with Gasteiger partial charge in [0.2, 0.25) is 0 Å². The molecule has 1 aromatic carbocycles. The van der Waals surface area contributed by atoms with E-state index in [1.165, 1.54) is 0 Å². The highest BCUT2D eigenvalue weighted by atomic mass is 79.9. The summed E-state index contributed by atoms with van der Waals surface area (Å²) in [6.07, 6.45) is 5.87. The van der Waals surface area contributed by atoms with Crippen LogP contribution < -0.4 is 10.2 Å². The molecular formula is C23H28BrN5O6S. The normalized spacial score (nSPS) is 14.7. The quantitative estimate of drug-likeness (QED) is 0.398. The molecule has 0 bridgehead atoms. The molecular weight excluding hydrogens is 554 g/mol. The Morgan fingerprint density at radius 2 is 2.00 bits per heavy atom. The Hall–Kier alpha value is -2.74. The van der Waals surface area contributed by atoms with E-state index in [0.717, 1.165) is 16.5 Å². The number of benzene rings is 1. The van der Waals surface area contributed by atoms with Gasteiger partial charge in [0.25, 0.3) is 10.1 Å². The molecule has 1 aliphatic rings. The largest absolute Gasteiger partial charge is 0.443 e. The summed E-state index contributed by atoms with van der Waals surface area (Å²) in [5.74, 6) is 0. The van der Waals surface area contributed by atoms with Gasteiger partial charge in [-0.25, -0.2) is 9.78 Å². The Labute approximate surface area is 218 Å². The number of hydrogen-bond acceptors (Lipinski definition) is 9. The fourth-order valence-electron chi connectivity index (χ4n) is 3.96. The second-order valence-electron chi connectivity index (χ2n) is 9.01. The molecule has 2 aromatic heterocycles. The van der Waals surface area contributed by atoms with E-state index in [4.69, 9.17) is 13.7 Å². The predicted octanol–water partition coefficient (Wildman–Crippen LogP) is 3.37. The molecule has 1 amide bonds. The molecule has 3 aromatic rings. The monoisotopic (exact) mass is 581 g/mol. The zero-order chi connectivity index (χ0) is 25.9. The number of fused-ring (bicyclic) bond motifs is 1. The van der Waals surface area contributed by atoms with E-state index in [9.17, 15) is 13.2 Å². The van der Waals surface area contributed by atoms with Crippen molar-refractivity contribution in [3.63, 3.8) is 0 Å². The molecule has 13 heteroatoms. The van der Waals surface area contributed by atoms with Gasteiger partial charge in [-0.1, -0.05) is 0 Å². The summed E-state index contributed by atoms with van der Waals surface area (Å²) in [4.78, 5) is 23.7. The third-order valence-electron chi connectivity index (χ3n) is 5.52. The van der Waals surface area contributed by atoms with Crippen LogP contribution in [-0.4, -0.2) is 67.0 Å². The average Bonchev–Trinajstić information content (AvgIpc) is 3.31. The molecule has 0 radical (unpaired) electrons. The summed E-state index contributed by atoms with van der Waals surface area (Å²) in [6.45, 7) is 5.92. The molecule has 1 saturated heterocycles. The van der Waals surface area contributed by atoms with Crippen LogP contribution >= 0.6 is 15.9 Å². The van der Waals surface area contributed by atoms with Crippen LogP contribution in [0.3, 0.4) is 0 Å². The lowest BCUT2D eigenvalue weighted by molar-refractivity contribution is 0.0488. The Balaban J connectivity index is 1.47. The molecule has 4 rings (SSSR count). The van der Waals surface area contributed by atoms with Crippen LogP contribution in [0.1, 0.15) is 25.1 Å². The van der Waals surface area contributed by atoms with Crippen molar-refractivity contribution in [1.29, 1.82) is 0 Å². The van der Waals surface area contributed by atoms with Gasteiger partial charge in [-0.2, -0.15) is 8.42 Å². The van der Waals surface area contributed by atoms with E-state index in [1.807, 2.05) is 16.7 Å². The van der Waals surface area contributed by atoms with Crippen molar-refractivity contribution < 1.29 is 26.9 Å². The van der Waals surface area contributed by atoms with Gasteiger partial charge in [-0.15, -0.1) is 0 Å². The lowest BCUT2D eigenvalue weighted by Gasteiger charge is -2.31. The molecule has 194 valence electrons. The molecule has 0 atom stereocenters. The fourth-order valence-corrected chi connectivity index (χ4v) is 4.69. The first-order valence-corrected chi connectivity index (χ1v) is 13.9. The Morgan fingerprint density at radius 3 is 2.72 bits per heavy atom. The van der Waals surface area contributed by atoms with E-state index < -0.39 is 21.8 Å². The number of carbonyl (C=O) groups is 1. The summed E-state index contributed by atoms with van der Waals surface area (Å²) >= 11 is 3.44. The number of rotatable bonds is 8. The van der Waals surface area contributed by atoms with Crippen molar-refractivity contribution in [1.82, 2.24) is 14.4 Å². The molecule has 1 aliphatic heterocycles. The smallest absolute Gasteiger partial charge is 0.412 e. The van der Waals surface area contributed by atoms with Gasteiger partial charge in [-0.05, 0) is 48.0 Å². The molecule has 0 spiro atoms. The number of morpholine rings is 1. The second kappa shape index (κ2) is 10.7. The molecule has 3 heterocycles. The molecule has 36 heavy (non-hydrogen) atoms. The molecule has 1 N–H and O–H groups in total. The number of nitrogens with zero attached hydrogens (tertiary/aromatic N) is 4. The zero-order valence-corrected chi connectivity index (χ0v) is 22.6. The van der Waals surface area contributed by atoms with Gasteiger partial charge in [0.05, 0.1) is 38.0 Å². The first-order valence-electron chi connectivity index (χ1n) is 11.3. The van der Waals surface area contributed by atoms with Crippen molar-refractivity contribution in [3.8, 4) is 0 Å². The van der Waals surface area contributed by atoms with Crippen LogP contribution in [0.25, 0.3) is 5.65 Å². The minimum Gasteiger partial charge on any atom is -0.443 e. The predicted molar refractivity (Wildman–Crippen MR) is 138 cm³/mol. The topological polar surface area (TPSA) is 124 Å². The first-order chi connectivity index (χ1) is 17.0. The van der Waals surface area contributed by atoms with Crippen molar-refractivity contribution in [2.75, 3.05) is 42.8 Å². The Bertz CT molecular complexity index is 1350. The van der Waals surface area contributed by atoms with Gasteiger partial charge < -0.3 is 14.4 Å². The van der Waals surface area contributed by atoms with Gasteiger partial charge in [0.1, 0.15) is 10.2 Å². The Kier molecular flexibility index (Phi) is 7.83. The number of imidazole rings is 1. The second-order valence-corrected chi connectivity index (χ2v) is 11.5. The van der Waals surface area contributed by atoms with Crippen molar-refractivity contribution >= 4 is 49.2 Å². The number of anilines is 2. The highest BCUT2D eigenvalue weighted by Gasteiger charge is 2.26. The standard InChI is InChI=1S/C23H28BrN5O6S/c1-23(2,13-18-21-25-6-7-29(21)20(24)14-26-18)35-22(30)27-17-4-5-19(28-8-10-33-11-9-28)16(12-17)15-34-36(3,31)32/h4-7,12,14H,8-11,13,15H2,1-3H3,(H,27,30). The number of ether oxygens (including phenoxy) is 2. The van der Waals surface area contributed by atoms with Gasteiger partial charge in [-0.3, -0.25) is 18.9 Å². The maximum atomic E-state index is 12.8. The number of halogens is 1. The summed E-state index contributed by atoms with van der Waals surface area (Å²) < 4.78 is 42.0. The van der Waals surface area contributed by atoms with E-state index in [2.05, 4.69) is 36.1 Å². The summed E-state index contributed by atoms with van der Waals surface area (Å²) in [5, 5.41) is 2.73. The molecule has 0 aliphatic carbocycles. The van der Waals surface area contributed by atoms with Gasteiger partial charge in [0.15, 0.2) is 5.65 Å². The minimum absolute atomic E-state index is 0.156. The van der Waals surface area contributed by atoms with Crippen LogP contribution in [0, 0.1) is 0 Å². The van der Waals surface area contributed by atoms with Crippen LogP contribution in [-0.2, 0) is 36.8 Å². The number of hydrogen-bond donors (Lipinski definition) is 1. The number of amides is 1. The van der Waals surface area contributed by atoms with Gasteiger partial charge in [0, 0.05) is 48.8 Å². The van der Waals surface area contributed by atoms with Crippen LogP contribution in [0.15, 0.2) is 41.4 Å². The molecule has 1 fully saturated rings. The Morgan fingerprint density at radius 1 is 1.25 bits per heavy atom. The maximum absolute atomic E-state index is 12.8. The van der Waals surface area contributed by atoms with Crippen LogP contribution in [0.2, 0.25) is 0 Å². The molecule has 0 saturated carbocycles. The van der Waals surface area contributed by atoms with Crippen LogP contribution in [0.5, 0.6) is 0 Å². The zero-order valence-electron chi connectivity index (χ0n) is 20.2. The third kappa shape index (κ3) is 6.72. The summed E-state index contributed by atoms with van der Waals surface area (Å²) in [6, 6.07) is 5.26. The van der Waals surface area contributed by atoms with Crippen LogP contribution in [0.4, 0.5) is 16.2 Å².